The highest BCUT2D eigenvalue weighted by molar-refractivity contribution is 7.91. The molecule has 26 heavy (non-hydrogen) atoms. The second-order valence-corrected chi connectivity index (χ2v) is 9.27. The smallest absolute Gasteiger partial charge is 0.225 e. The standard InChI is InChI=1S/C17H21ClN2O5S/c18-13-2-1-3-15(9-13)25-6-5-19-17(22)12-8-16(21)20(10-12)14-4-7-26(23,24)11-14/h1-3,9,12,14H,4-8,10-11H2,(H,19,22)/t12-,14-/m0/s1. The lowest BCUT2D eigenvalue weighted by Crippen LogP contribution is -2.39. The van der Waals surface area contributed by atoms with Gasteiger partial charge >= 0.3 is 0 Å². The zero-order valence-electron chi connectivity index (χ0n) is 14.2. The zero-order valence-corrected chi connectivity index (χ0v) is 15.8. The average Bonchev–Trinajstić information content (AvgIpc) is 3.13. The molecule has 0 bridgehead atoms. The SMILES string of the molecule is O=C(NCCOc1cccc(Cl)c1)[C@H]1CC(=O)N([C@H]2CCS(=O)(=O)C2)C1. The first-order chi connectivity index (χ1) is 12.3. The molecular weight excluding hydrogens is 380 g/mol. The summed E-state index contributed by atoms with van der Waals surface area (Å²) >= 11 is 5.87. The Balaban J connectivity index is 1.43. The van der Waals surface area contributed by atoms with Crippen LogP contribution in [0.4, 0.5) is 0 Å². The van der Waals surface area contributed by atoms with Crippen molar-refractivity contribution in [2.45, 2.75) is 18.9 Å². The normalized spacial score (nSPS) is 24.7. The van der Waals surface area contributed by atoms with E-state index in [1.165, 1.54) is 0 Å². The Labute approximate surface area is 157 Å². The summed E-state index contributed by atoms with van der Waals surface area (Å²) in [5.74, 6) is -0.0769. The molecule has 1 N–H and O–H groups in total. The Morgan fingerprint density at radius 1 is 1.38 bits per heavy atom. The lowest BCUT2D eigenvalue weighted by molar-refractivity contribution is -0.130. The first-order valence-corrected chi connectivity index (χ1v) is 10.7. The quantitative estimate of drug-likeness (QED) is 0.715. The number of nitrogens with one attached hydrogen (secondary N) is 1. The van der Waals surface area contributed by atoms with Crippen molar-refractivity contribution in [3.8, 4) is 5.75 Å². The number of nitrogens with zero attached hydrogens (tertiary/aromatic N) is 1. The molecule has 0 aromatic heterocycles. The van der Waals surface area contributed by atoms with Crippen molar-refractivity contribution in [1.29, 1.82) is 0 Å². The molecule has 3 rings (SSSR count). The van der Waals surface area contributed by atoms with E-state index in [-0.39, 0.29) is 48.9 Å². The van der Waals surface area contributed by atoms with Gasteiger partial charge in [-0.2, -0.15) is 0 Å². The minimum atomic E-state index is -3.06. The number of hydrogen-bond donors (Lipinski definition) is 1. The Morgan fingerprint density at radius 2 is 2.19 bits per heavy atom. The van der Waals surface area contributed by atoms with Crippen LogP contribution in [0.5, 0.6) is 5.75 Å². The molecule has 0 spiro atoms. The Hall–Kier alpha value is -1.80. The maximum atomic E-state index is 12.3. The van der Waals surface area contributed by atoms with Crippen LogP contribution in [0.25, 0.3) is 0 Å². The molecule has 2 atom stereocenters. The molecule has 2 aliphatic heterocycles. The van der Waals surface area contributed by atoms with Gasteiger partial charge in [-0.05, 0) is 24.6 Å². The van der Waals surface area contributed by atoms with E-state index < -0.39 is 15.8 Å². The van der Waals surface area contributed by atoms with Crippen molar-refractivity contribution < 1.29 is 22.7 Å². The molecule has 0 saturated carbocycles. The minimum Gasteiger partial charge on any atom is -0.492 e. The highest BCUT2D eigenvalue weighted by Gasteiger charge is 2.41. The monoisotopic (exact) mass is 400 g/mol. The molecule has 0 aliphatic carbocycles. The van der Waals surface area contributed by atoms with E-state index in [1.54, 1.807) is 29.2 Å². The maximum Gasteiger partial charge on any atom is 0.225 e. The van der Waals surface area contributed by atoms with Crippen molar-refractivity contribution in [3.63, 3.8) is 0 Å². The fourth-order valence-corrected chi connectivity index (χ4v) is 5.24. The first-order valence-electron chi connectivity index (χ1n) is 8.50. The molecule has 1 aromatic rings. The average molecular weight is 401 g/mol. The second-order valence-electron chi connectivity index (χ2n) is 6.60. The Bertz CT molecular complexity index is 798. The van der Waals surface area contributed by atoms with Gasteiger partial charge in [0.05, 0.1) is 24.0 Å². The number of benzene rings is 1. The number of sulfone groups is 1. The van der Waals surface area contributed by atoms with Crippen LogP contribution >= 0.6 is 11.6 Å². The minimum absolute atomic E-state index is 0.000550. The van der Waals surface area contributed by atoms with Crippen molar-refractivity contribution in [3.05, 3.63) is 29.3 Å². The first kappa shape index (κ1) is 19.0. The summed E-state index contributed by atoms with van der Waals surface area (Å²) in [7, 11) is -3.06. The van der Waals surface area contributed by atoms with E-state index in [9.17, 15) is 18.0 Å². The predicted octanol–water partition coefficient (Wildman–Crippen LogP) is 0.871. The third kappa shape index (κ3) is 4.67. The van der Waals surface area contributed by atoms with Gasteiger partial charge in [-0.1, -0.05) is 17.7 Å². The van der Waals surface area contributed by atoms with Gasteiger partial charge in [-0.3, -0.25) is 9.59 Å². The molecule has 1 aromatic carbocycles. The second kappa shape index (κ2) is 7.84. The number of likely N-dealkylation sites (tertiary alicyclic amines) is 1. The molecule has 2 heterocycles. The number of rotatable bonds is 6. The fraction of sp³-hybridized carbons (Fsp3) is 0.529. The summed E-state index contributed by atoms with van der Waals surface area (Å²) < 4.78 is 28.7. The topological polar surface area (TPSA) is 92.8 Å². The Kier molecular flexibility index (Phi) is 5.72. The highest BCUT2D eigenvalue weighted by Crippen LogP contribution is 2.26. The van der Waals surface area contributed by atoms with Crippen LogP contribution in [0.15, 0.2) is 24.3 Å². The van der Waals surface area contributed by atoms with Crippen LogP contribution in [-0.4, -0.2) is 62.4 Å². The van der Waals surface area contributed by atoms with Gasteiger partial charge in [0.1, 0.15) is 12.4 Å². The summed E-state index contributed by atoms with van der Waals surface area (Å²) in [5.41, 5.74) is 0. The molecule has 2 aliphatic rings. The molecule has 7 nitrogen and oxygen atoms in total. The van der Waals surface area contributed by atoms with Crippen molar-refractivity contribution in [2.75, 3.05) is 31.2 Å². The number of halogens is 1. The van der Waals surface area contributed by atoms with E-state index in [4.69, 9.17) is 16.3 Å². The van der Waals surface area contributed by atoms with Crippen LogP contribution in [0.3, 0.4) is 0 Å². The van der Waals surface area contributed by atoms with Gasteiger partial charge in [0.15, 0.2) is 9.84 Å². The number of ether oxygens (including phenoxy) is 1. The molecule has 2 amide bonds. The van der Waals surface area contributed by atoms with Crippen LogP contribution in [0, 0.1) is 5.92 Å². The molecule has 2 saturated heterocycles. The van der Waals surface area contributed by atoms with Gasteiger partial charge in [0.2, 0.25) is 11.8 Å². The molecular formula is C17H21ClN2O5S. The largest absolute Gasteiger partial charge is 0.492 e. The van der Waals surface area contributed by atoms with Gasteiger partial charge < -0.3 is 15.0 Å². The van der Waals surface area contributed by atoms with Crippen LogP contribution < -0.4 is 10.1 Å². The molecule has 0 radical (unpaired) electrons. The summed E-state index contributed by atoms with van der Waals surface area (Å²) in [6.07, 6.45) is 0.577. The number of amides is 2. The van der Waals surface area contributed by atoms with E-state index >= 15 is 0 Å². The lowest BCUT2D eigenvalue weighted by Gasteiger charge is -2.22. The molecule has 9 heteroatoms. The Morgan fingerprint density at radius 3 is 2.88 bits per heavy atom. The maximum absolute atomic E-state index is 12.3. The number of carbonyl (C=O) groups is 2. The summed E-state index contributed by atoms with van der Waals surface area (Å²) in [4.78, 5) is 26.0. The van der Waals surface area contributed by atoms with Gasteiger partial charge in [0.25, 0.3) is 0 Å². The number of hydrogen-bond acceptors (Lipinski definition) is 5. The fourth-order valence-electron chi connectivity index (χ4n) is 3.33. The van der Waals surface area contributed by atoms with Crippen molar-refractivity contribution in [1.82, 2.24) is 10.2 Å². The third-order valence-electron chi connectivity index (χ3n) is 4.64. The number of carbonyl (C=O) groups excluding carboxylic acids is 2. The van der Waals surface area contributed by atoms with Gasteiger partial charge in [0, 0.05) is 24.0 Å². The van der Waals surface area contributed by atoms with E-state index in [0.717, 1.165) is 0 Å². The highest BCUT2D eigenvalue weighted by atomic mass is 35.5. The van der Waals surface area contributed by atoms with E-state index in [0.29, 0.717) is 23.7 Å². The predicted molar refractivity (Wildman–Crippen MR) is 96.8 cm³/mol. The van der Waals surface area contributed by atoms with Crippen LogP contribution in [-0.2, 0) is 19.4 Å². The van der Waals surface area contributed by atoms with Gasteiger partial charge in [-0.25, -0.2) is 8.42 Å². The summed E-state index contributed by atoms with van der Waals surface area (Å²) in [6.45, 7) is 0.880. The lowest BCUT2D eigenvalue weighted by atomic mass is 10.1. The van der Waals surface area contributed by atoms with Crippen LogP contribution in [0.2, 0.25) is 5.02 Å². The van der Waals surface area contributed by atoms with Gasteiger partial charge in [-0.15, -0.1) is 0 Å². The van der Waals surface area contributed by atoms with Crippen LogP contribution in [0.1, 0.15) is 12.8 Å². The van der Waals surface area contributed by atoms with E-state index in [1.807, 2.05) is 0 Å². The van der Waals surface area contributed by atoms with Crippen molar-refractivity contribution >= 4 is 33.3 Å². The summed E-state index contributed by atoms with van der Waals surface area (Å²) in [5, 5.41) is 3.34. The summed E-state index contributed by atoms with van der Waals surface area (Å²) in [6, 6.07) is 6.69. The molecule has 142 valence electrons. The zero-order chi connectivity index (χ0) is 18.7. The van der Waals surface area contributed by atoms with E-state index in [2.05, 4.69) is 5.32 Å². The molecule has 2 fully saturated rings. The third-order valence-corrected chi connectivity index (χ3v) is 6.63. The van der Waals surface area contributed by atoms with Crippen molar-refractivity contribution in [2.24, 2.45) is 5.92 Å². The molecule has 0 unspecified atom stereocenters.